The molecule has 0 amide bonds. The molecule has 0 bridgehead atoms. The molecule has 124 valence electrons. The Morgan fingerprint density at radius 3 is 2.33 bits per heavy atom. The molecule has 21 heavy (non-hydrogen) atoms. The number of likely N-dealkylation sites (N-methyl/N-ethyl adjacent to an activating group) is 1. The lowest BCUT2D eigenvalue weighted by atomic mass is 9.76. The second-order valence-corrected chi connectivity index (χ2v) is 5.85. The van der Waals surface area contributed by atoms with Crippen molar-refractivity contribution in [2.45, 2.75) is 44.3 Å². The summed E-state index contributed by atoms with van der Waals surface area (Å²) in [4.78, 5) is 14.1. The number of hydrogen-bond acceptors (Lipinski definition) is 4. The van der Waals surface area contributed by atoms with Crippen LogP contribution in [0.2, 0.25) is 0 Å². The molecule has 0 aliphatic heterocycles. The van der Waals surface area contributed by atoms with Crippen LogP contribution in [0.15, 0.2) is 0 Å². The maximum atomic E-state index is 12.8. The molecule has 1 N–H and O–H groups in total. The third kappa shape index (κ3) is 5.14. The topological polar surface area (TPSA) is 41.6 Å². The van der Waals surface area contributed by atoms with Gasteiger partial charge in [0.15, 0.2) is 0 Å². The molecule has 0 radical (unpaired) electrons. The number of alkyl halides is 3. The molecule has 0 spiro atoms. The van der Waals surface area contributed by atoms with Gasteiger partial charge < -0.3 is 15.0 Å². The van der Waals surface area contributed by atoms with Crippen molar-refractivity contribution in [3.8, 4) is 0 Å². The molecule has 0 aromatic rings. The van der Waals surface area contributed by atoms with Gasteiger partial charge in [-0.2, -0.15) is 13.2 Å². The van der Waals surface area contributed by atoms with Gasteiger partial charge in [0.2, 0.25) is 0 Å². The van der Waals surface area contributed by atoms with E-state index in [0.29, 0.717) is 13.1 Å². The molecule has 0 saturated heterocycles. The summed E-state index contributed by atoms with van der Waals surface area (Å²) in [6.45, 7) is 3.19. The summed E-state index contributed by atoms with van der Waals surface area (Å²) in [6, 6.07) is 0. The molecule has 7 heteroatoms. The number of carbonyl (C=O) groups excluding carboxylic acids is 1. The van der Waals surface area contributed by atoms with E-state index >= 15 is 0 Å². The summed E-state index contributed by atoms with van der Waals surface area (Å²) in [5.74, 6) is -1.74. The first-order valence-electron chi connectivity index (χ1n) is 7.35. The average molecular weight is 310 g/mol. The molecule has 4 nitrogen and oxygen atoms in total. The van der Waals surface area contributed by atoms with Crippen LogP contribution in [0.4, 0.5) is 13.2 Å². The zero-order valence-electron chi connectivity index (χ0n) is 12.9. The van der Waals surface area contributed by atoms with Gasteiger partial charge in [-0.3, -0.25) is 4.79 Å². The van der Waals surface area contributed by atoms with Gasteiger partial charge in [-0.25, -0.2) is 0 Å². The minimum absolute atomic E-state index is 0.0305. The van der Waals surface area contributed by atoms with Crippen LogP contribution in [0.5, 0.6) is 0 Å². The highest BCUT2D eigenvalue weighted by molar-refractivity contribution is 5.81. The van der Waals surface area contributed by atoms with Crippen molar-refractivity contribution in [1.29, 1.82) is 0 Å². The Labute approximate surface area is 124 Å². The van der Waals surface area contributed by atoms with E-state index in [1.165, 1.54) is 0 Å². The number of esters is 1. The summed E-state index contributed by atoms with van der Waals surface area (Å²) in [5, 5.41) is 3.14. The zero-order valence-corrected chi connectivity index (χ0v) is 12.9. The van der Waals surface area contributed by atoms with Gasteiger partial charge in [-0.05, 0) is 46.7 Å². The lowest BCUT2D eigenvalue weighted by Gasteiger charge is -2.39. The van der Waals surface area contributed by atoms with Crippen LogP contribution in [-0.4, -0.2) is 56.4 Å². The van der Waals surface area contributed by atoms with Crippen LogP contribution < -0.4 is 5.32 Å². The molecule has 1 rings (SSSR count). The largest absolute Gasteiger partial charge is 0.465 e. The van der Waals surface area contributed by atoms with Crippen molar-refractivity contribution in [2.24, 2.45) is 5.92 Å². The number of halogens is 3. The molecule has 1 saturated carbocycles. The lowest BCUT2D eigenvalue weighted by Crippen LogP contribution is -2.57. The maximum absolute atomic E-state index is 12.8. The second-order valence-electron chi connectivity index (χ2n) is 5.85. The lowest BCUT2D eigenvalue weighted by molar-refractivity contribution is -0.189. The van der Waals surface area contributed by atoms with Gasteiger partial charge in [0.25, 0.3) is 0 Å². The number of hydrogen-bond donors (Lipinski definition) is 1. The molecule has 0 aromatic heterocycles. The Balaban J connectivity index is 2.69. The molecule has 0 atom stereocenters. The van der Waals surface area contributed by atoms with Gasteiger partial charge in [-0.1, -0.05) is 0 Å². The van der Waals surface area contributed by atoms with Gasteiger partial charge >= 0.3 is 12.1 Å². The van der Waals surface area contributed by atoms with Crippen LogP contribution in [0.25, 0.3) is 0 Å². The monoisotopic (exact) mass is 310 g/mol. The summed E-state index contributed by atoms with van der Waals surface area (Å²) in [6.07, 6.45) is -3.90. The Kier molecular flexibility index (Phi) is 6.46. The standard InChI is InChI=1S/C14H25F3N2O2/c1-4-21-12(20)13(18-9-10-19(2)3)7-5-11(6-8-13)14(15,16)17/h11,18H,4-10H2,1-3H3. The summed E-state index contributed by atoms with van der Waals surface area (Å²) >= 11 is 0. The minimum atomic E-state index is -4.18. The van der Waals surface area contributed by atoms with Crippen LogP contribution in [-0.2, 0) is 9.53 Å². The third-order valence-electron chi connectivity index (χ3n) is 3.99. The van der Waals surface area contributed by atoms with Crippen LogP contribution in [0, 0.1) is 5.92 Å². The van der Waals surface area contributed by atoms with Gasteiger partial charge in [0, 0.05) is 13.1 Å². The highest BCUT2D eigenvalue weighted by Gasteiger charge is 2.49. The van der Waals surface area contributed by atoms with Crippen molar-refractivity contribution in [2.75, 3.05) is 33.8 Å². The van der Waals surface area contributed by atoms with Crippen LogP contribution in [0.3, 0.4) is 0 Å². The molecular formula is C14H25F3N2O2. The fourth-order valence-electron chi connectivity index (χ4n) is 2.68. The number of ether oxygens (including phenoxy) is 1. The Morgan fingerprint density at radius 2 is 1.90 bits per heavy atom. The third-order valence-corrected chi connectivity index (χ3v) is 3.99. The molecule has 1 fully saturated rings. The number of nitrogens with one attached hydrogen (secondary N) is 1. The Morgan fingerprint density at radius 1 is 1.33 bits per heavy atom. The quantitative estimate of drug-likeness (QED) is 0.764. The Bertz CT molecular complexity index is 338. The minimum Gasteiger partial charge on any atom is -0.465 e. The van der Waals surface area contributed by atoms with E-state index in [1.807, 2.05) is 19.0 Å². The van der Waals surface area contributed by atoms with E-state index in [9.17, 15) is 18.0 Å². The average Bonchev–Trinajstić information content (AvgIpc) is 2.38. The van der Waals surface area contributed by atoms with E-state index in [1.54, 1.807) is 6.92 Å². The van der Waals surface area contributed by atoms with Crippen molar-refractivity contribution in [1.82, 2.24) is 10.2 Å². The highest BCUT2D eigenvalue weighted by Crippen LogP contribution is 2.41. The van der Waals surface area contributed by atoms with Crippen LogP contribution >= 0.6 is 0 Å². The second kappa shape index (κ2) is 7.45. The van der Waals surface area contributed by atoms with Crippen molar-refractivity contribution in [3.63, 3.8) is 0 Å². The molecule has 0 unspecified atom stereocenters. The first-order valence-corrected chi connectivity index (χ1v) is 7.35. The zero-order chi connectivity index (χ0) is 16.1. The van der Waals surface area contributed by atoms with Gasteiger partial charge in [-0.15, -0.1) is 0 Å². The summed E-state index contributed by atoms with van der Waals surface area (Å²) < 4.78 is 43.3. The fourth-order valence-corrected chi connectivity index (χ4v) is 2.68. The van der Waals surface area contributed by atoms with Gasteiger partial charge in [0.05, 0.1) is 12.5 Å². The maximum Gasteiger partial charge on any atom is 0.391 e. The van der Waals surface area contributed by atoms with E-state index < -0.39 is 23.6 Å². The molecule has 0 heterocycles. The first kappa shape index (κ1) is 18.2. The van der Waals surface area contributed by atoms with Crippen LogP contribution in [0.1, 0.15) is 32.6 Å². The Hall–Kier alpha value is -0.820. The van der Waals surface area contributed by atoms with Crippen molar-refractivity contribution < 1.29 is 22.7 Å². The van der Waals surface area contributed by atoms with Crippen molar-refractivity contribution >= 4 is 5.97 Å². The predicted octanol–water partition coefficient (Wildman–Crippen LogP) is 2.19. The molecule has 0 aromatic carbocycles. The van der Waals surface area contributed by atoms with E-state index in [2.05, 4.69) is 5.32 Å². The van der Waals surface area contributed by atoms with E-state index in [0.717, 1.165) is 0 Å². The number of carbonyl (C=O) groups is 1. The summed E-state index contributed by atoms with van der Waals surface area (Å²) in [5.41, 5.74) is -0.965. The fraction of sp³-hybridized carbons (Fsp3) is 0.929. The van der Waals surface area contributed by atoms with Crippen molar-refractivity contribution in [3.05, 3.63) is 0 Å². The molecular weight excluding hydrogens is 285 g/mol. The smallest absolute Gasteiger partial charge is 0.391 e. The SMILES string of the molecule is CCOC(=O)C1(NCCN(C)C)CCC(C(F)(F)F)CC1. The molecule has 1 aliphatic carbocycles. The summed E-state index contributed by atoms with van der Waals surface area (Å²) in [7, 11) is 3.80. The van der Waals surface area contributed by atoms with E-state index in [-0.39, 0.29) is 32.3 Å². The first-order chi connectivity index (χ1) is 9.71. The predicted molar refractivity (Wildman–Crippen MR) is 73.9 cm³/mol. The van der Waals surface area contributed by atoms with Gasteiger partial charge in [0.1, 0.15) is 5.54 Å². The van der Waals surface area contributed by atoms with E-state index in [4.69, 9.17) is 4.74 Å². The normalized spacial score (nSPS) is 26.9. The molecule has 1 aliphatic rings. The number of rotatable bonds is 6. The highest BCUT2D eigenvalue weighted by atomic mass is 19.4. The number of nitrogens with zero attached hydrogens (tertiary/aromatic N) is 1.